The van der Waals surface area contributed by atoms with Gasteiger partial charge in [-0.1, -0.05) is 0 Å². The van der Waals surface area contributed by atoms with Crippen LogP contribution in [0.2, 0.25) is 0 Å². The molecule has 2 aromatic rings. The summed E-state index contributed by atoms with van der Waals surface area (Å²) in [5, 5.41) is 14.5. The molecule has 2 rings (SSSR count). The molecule has 0 radical (unpaired) electrons. The van der Waals surface area contributed by atoms with E-state index in [1.54, 1.807) is 6.20 Å². The summed E-state index contributed by atoms with van der Waals surface area (Å²) >= 11 is 1.48. The number of rotatable bonds is 5. The second kappa shape index (κ2) is 6.29. The number of hydrazine groups is 1. The largest absolute Gasteiger partial charge is 0.347 e. The summed E-state index contributed by atoms with van der Waals surface area (Å²) in [4.78, 5) is 27.3. The smallest absolute Gasteiger partial charge is 0.294 e. The zero-order valence-electron chi connectivity index (χ0n) is 11.1. The lowest BCUT2D eigenvalue weighted by molar-refractivity contribution is -0.384. The number of nitrogens with zero attached hydrogens (tertiary/aromatic N) is 2. The number of benzene rings is 1. The predicted octanol–water partition coefficient (Wildman–Crippen LogP) is 1.58. The van der Waals surface area contributed by atoms with Crippen molar-refractivity contribution in [2.75, 3.05) is 5.43 Å². The number of carbonyl (C=O) groups is 1. The molecule has 0 aliphatic heterocycles. The minimum absolute atomic E-state index is 0.148. The Labute approximate surface area is 124 Å². The van der Waals surface area contributed by atoms with Crippen molar-refractivity contribution in [3.05, 3.63) is 50.0 Å². The van der Waals surface area contributed by atoms with Crippen molar-refractivity contribution in [3.63, 3.8) is 0 Å². The molecule has 1 heterocycles. The van der Waals surface area contributed by atoms with Crippen LogP contribution in [0.25, 0.3) is 0 Å². The number of amides is 1. The van der Waals surface area contributed by atoms with Gasteiger partial charge in [0, 0.05) is 22.7 Å². The molecule has 0 atom stereocenters. The summed E-state index contributed by atoms with van der Waals surface area (Å²) in [6, 6.07) is 4.04. The molecule has 0 unspecified atom stereocenters. The molecule has 1 aromatic heterocycles. The first kappa shape index (κ1) is 14.9. The van der Waals surface area contributed by atoms with Gasteiger partial charge in [-0.2, -0.15) is 0 Å². The van der Waals surface area contributed by atoms with Gasteiger partial charge in [0.15, 0.2) is 0 Å². The molecule has 0 aliphatic rings. The van der Waals surface area contributed by atoms with E-state index in [-0.39, 0.29) is 16.9 Å². The summed E-state index contributed by atoms with van der Waals surface area (Å²) in [7, 11) is 0. The highest BCUT2D eigenvalue weighted by molar-refractivity contribution is 7.11. The summed E-state index contributed by atoms with van der Waals surface area (Å²) in [5.41, 5.74) is 2.32. The van der Waals surface area contributed by atoms with Crippen molar-refractivity contribution >= 4 is 28.6 Å². The Morgan fingerprint density at radius 3 is 2.86 bits per heavy atom. The number of anilines is 1. The average Bonchev–Trinajstić information content (AvgIpc) is 2.89. The number of hydrogen-bond acceptors (Lipinski definition) is 7. The minimum Gasteiger partial charge on any atom is -0.347 e. The van der Waals surface area contributed by atoms with Gasteiger partial charge in [0.1, 0.15) is 5.69 Å². The van der Waals surface area contributed by atoms with Crippen LogP contribution < -0.4 is 16.6 Å². The van der Waals surface area contributed by atoms with Crippen molar-refractivity contribution in [1.82, 2.24) is 10.3 Å². The lowest BCUT2D eigenvalue weighted by Gasteiger charge is -2.06. The van der Waals surface area contributed by atoms with Gasteiger partial charge < -0.3 is 10.7 Å². The van der Waals surface area contributed by atoms with Gasteiger partial charge in [0.05, 0.1) is 16.5 Å². The van der Waals surface area contributed by atoms with E-state index < -0.39 is 10.8 Å². The zero-order valence-corrected chi connectivity index (χ0v) is 11.9. The summed E-state index contributed by atoms with van der Waals surface area (Å²) in [6.07, 6.45) is 1.68. The molecule has 0 saturated heterocycles. The van der Waals surface area contributed by atoms with Crippen LogP contribution in [0.5, 0.6) is 0 Å². The summed E-state index contributed by atoms with van der Waals surface area (Å²) in [6.45, 7) is 2.20. The number of nitro groups is 1. The van der Waals surface area contributed by atoms with Gasteiger partial charge in [0.25, 0.3) is 11.6 Å². The SMILES string of the molecule is Cc1ncc(CNC(=O)c2ccc(NN)c([N+](=O)[O-])c2)s1. The normalized spacial score (nSPS) is 10.2. The molecule has 9 heteroatoms. The number of aromatic nitrogens is 1. The van der Waals surface area contributed by atoms with Gasteiger partial charge in [0.2, 0.25) is 0 Å². The first-order valence-corrected chi connectivity index (χ1v) is 6.77. The highest BCUT2D eigenvalue weighted by Gasteiger charge is 2.17. The molecule has 1 amide bonds. The second-order valence-electron chi connectivity index (χ2n) is 4.16. The van der Waals surface area contributed by atoms with Crippen LogP contribution in [0.15, 0.2) is 24.4 Å². The van der Waals surface area contributed by atoms with E-state index in [9.17, 15) is 14.9 Å². The van der Waals surface area contributed by atoms with E-state index in [0.29, 0.717) is 6.54 Å². The number of aryl methyl sites for hydroxylation is 1. The van der Waals surface area contributed by atoms with E-state index in [1.165, 1.54) is 29.5 Å². The van der Waals surface area contributed by atoms with Crippen LogP contribution in [-0.4, -0.2) is 15.8 Å². The first-order valence-electron chi connectivity index (χ1n) is 5.96. The highest BCUT2D eigenvalue weighted by atomic mass is 32.1. The fourth-order valence-electron chi connectivity index (χ4n) is 1.70. The van der Waals surface area contributed by atoms with E-state index in [0.717, 1.165) is 9.88 Å². The number of nitrogens with two attached hydrogens (primary N) is 1. The van der Waals surface area contributed by atoms with Gasteiger partial charge in [-0.3, -0.25) is 20.8 Å². The number of carbonyl (C=O) groups excluding carboxylic acids is 1. The Morgan fingerprint density at radius 1 is 1.52 bits per heavy atom. The number of hydrogen-bond donors (Lipinski definition) is 3. The molecule has 0 bridgehead atoms. The Bertz CT molecular complexity index is 685. The van der Waals surface area contributed by atoms with Crippen molar-refractivity contribution in [3.8, 4) is 0 Å². The van der Waals surface area contributed by atoms with E-state index in [4.69, 9.17) is 5.84 Å². The van der Waals surface area contributed by atoms with E-state index in [2.05, 4.69) is 15.7 Å². The van der Waals surface area contributed by atoms with Crippen LogP contribution in [0.1, 0.15) is 20.2 Å². The van der Waals surface area contributed by atoms with Gasteiger partial charge in [-0.15, -0.1) is 11.3 Å². The van der Waals surface area contributed by atoms with Crippen molar-refractivity contribution in [2.24, 2.45) is 5.84 Å². The fraction of sp³-hybridized carbons (Fsp3) is 0.167. The highest BCUT2D eigenvalue weighted by Crippen LogP contribution is 2.24. The third-order valence-corrected chi connectivity index (χ3v) is 3.62. The Kier molecular flexibility index (Phi) is 4.45. The van der Waals surface area contributed by atoms with Crippen molar-refractivity contribution < 1.29 is 9.72 Å². The molecule has 0 aliphatic carbocycles. The molecule has 4 N–H and O–H groups in total. The molecule has 1 aromatic carbocycles. The minimum atomic E-state index is -0.599. The molecular weight excluding hydrogens is 294 g/mol. The lowest BCUT2D eigenvalue weighted by Crippen LogP contribution is -2.22. The van der Waals surface area contributed by atoms with Crippen LogP contribution in [0.3, 0.4) is 0 Å². The van der Waals surface area contributed by atoms with E-state index >= 15 is 0 Å². The van der Waals surface area contributed by atoms with Crippen LogP contribution in [0, 0.1) is 17.0 Å². The van der Waals surface area contributed by atoms with Gasteiger partial charge >= 0.3 is 0 Å². The predicted molar refractivity (Wildman–Crippen MR) is 78.9 cm³/mol. The van der Waals surface area contributed by atoms with Crippen LogP contribution in [0.4, 0.5) is 11.4 Å². The van der Waals surface area contributed by atoms with Crippen molar-refractivity contribution in [1.29, 1.82) is 0 Å². The maximum absolute atomic E-state index is 12.0. The fourth-order valence-corrected chi connectivity index (χ4v) is 2.44. The monoisotopic (exact) mass is 307 g/mol. The number of nitro benzene ring substituents is 1. The summed E-state index contributed by atoms with van der Waals surface area (Å²) < 4.78 is 0. The van der Waals surface area contributed by atoms with Gasteiger partial charge in [-0.25, -0.2) is 4.98 Å². The van der Waals surface area contributed by atoms with Crippen LogP contribution >= 0.6 is 11.3 Å². The average molecular weight is 307 g/mol. The first-order chi connectivity index (χ1) is 10.0. The molecule has 0 fully saturated rings. The number of nitrogen functional groups attached to an aromatic ring is 1. The number of nitrogens with one attached hydrogen (secondary N) is 2. The standard InChI is InChI=1S/C12H13N5O3S/c1-7-14-5-9(21-7)6-15-12(18)8-2-3-10(16-13)11(4-8)17(19)20/h2-5,16H,6,13H2,1H3,(H,15,18). The quantitative estimate of drug-likeness (QED) is 0.438. The molecule has 8 nitrogen and oxygen atoms in total. The molecule has 0 spiro atoms. The Morgan fingerprint density at radius 2 is 2.29 bits per heavy atom. The maximum Gasteiger partial charge on any atom is 0.294 e. The third kappa shape index (κ3) is 3.52. The molecule has 0 saturated carbocycles. The Balaban J connectivity index is 2.12. The zero-order chi connectivity index (χ0) is 15.4. The maximum atomic E-state index is 12.0. The second-order valence-corrected chi connectivity index (χ2v) is 5.48. The van der Waals surface area contributed by atoms with Crippen molar-refractivity contribution in [2.45, 2.75) is 13.5 Å². The van der Waals surface area contributed by atoms with Gasteiger partial charge in [-0.05, 0) is 19.1 Å². The van der Waals surface area contributed by atoms with E-state index in [1.807, 2.05) is 6.92 Å². The topological polar surface area (TPSA) is 123 Å². The van der Waals surface area contributed by atoms with Crippen LogP contribution in [-0.2, 0) is 6.54 Å². The summed E-state index contributed by atoms with van der Waals surface area (Å²) in [5.74, 6) is 4.80. The molecular formula is C12H13N5O3S. The third-order valence-electron chi connectivity index (χ3n) is 2.70. The lowest BCUT2D eigenvalue weighted by atomic mass is 10.1. The Hall–Kier alpha value is -2.52. The molecule has 21 heavy (non-hydrogen) atoms. The number of thiazole rings is 1. The molecule has 110 valence electrons.